The molecule has 0 spiro atoms. The van der Waals surface area contributed by atoms with Crippen molar-refractivity contribution in [2.75, 3.05) is 11.9 Å². The van der Waals surface area contributed by atoms with Crippen molar-refractivity contribution in [3.63, 3.8) is 0 Å². The first-order chi connectivity index (χ1) is 13.5. The second kappa shape index (κ2) is 9.13. The minimum Gasteiger partial charge on any atom is -0.354 e. The summed E-state index contributed by atoms with van der Waals surface area (Å²) in [5, 5.41) is 6.24. The second-order valence-corrected chi connectivity index (χ2v) is 6.96. The van der Waals surface area contributed by atoms with Gasteiger partial charge in [-0.3, -0.25) is 9.78 Å². The molecule has 0 saturated carbocycles. The van der Waals surface area contributed by atoms with Crippen molar-refractivity contribution in [2.24, 2.45) is 0 Å². The van der Waals surface area contributed by atoms with E-state index >= 15 is 0 Å². The van der Waals surface area contributed by atoms with Crippen LogP contribution < -0.4 is 10.6 Å². The largest absolute Gasteiger partial charge is 0.354 e. The molecule has 3 aromatic rings. The molecule has 0 unspecified atom stereocenters. The van der Waals surface area contributed by atoms with Gasteiger partial charge in [-0.2, -0.15) is 0 Å². The number of para-hydroxylation sites is 1. The molecule has 2 N–H and O–H groups in total. The van der Waals surface area contributed by atoms with E-state index in [1.54, 1.807) is 30.6 Å². The molecule has 0 aliphatic rings. The fraction of sp³-hybridized carbons (Fsp3) is 0.217. The van der Waals surface area contributed by atoms with Gasteiger partial charge in [0.15, 0.2) is 0 Å². The van der Waals surface area contributed by atoms with Crippen LogP contribution in [0.25, 0.3) is 0 Å². The summed E-state index contributed by atoms with van der Waals surface area (Å²) in [6.07, 6.45) is 3.89. The topological polar surface area (TPSA) is 54.0 Å². The highest BCUT2D eigenvalue weighted by atomic mass is 19.1. The van der Waals surface area contributed by atoms with Crippen LogP contribution in [0.15, 0.2) is 67.0 Å². The zero-order chi connectivity index (χ0) is 19.9. The highest BCUT2D eigenvalue weighted by Gasteiger charge is 2.09. The number of carbonyl (C=O) groups is 1. The van der Waals surface area contributed by atoms with Crippen molar-refractivity contribution in [3.8, 4) is 0 Å². The SMILES string of the molecule is CC(C)c1ccccc1Nc1cncc(C(=O)NCCc2ccc(F)cc2)c1. The molecule has 0 atom stereocenters. The Morgan fingerprint density at radius 2 is 1.82 bits per heavy atom. The minimum atomic E-state index is -0.262. The zero-order valence-corrected chi connectivity index (χ0v) is 16.1. The number of benzene rings is 2. The molecule has 0 radical (unpaired) electrons. The van der Waals surface area contributed by atoms with Gasteiger partial charge in [-0.25, -0.2) is 4.39 Å². The maximum atomic E-state index is 12.9. The summed E-state index contributed by atoms with van der Waals surface area (Å²) in [4.78, 5) is 16.6. The number of hydrogen-bond acceptors (Lipinski definition) is 3. The van der Waals surface area contributed by atoms with Gasteiger partial charge >= 0.3 is 0 Å². The van der Waals surface area contributed by atoms with Gasteiger partial charge in [0, 0.05) is 18.4 Å². The highest BCUT2D eigenvalue weighted by Crippen LogP contribution is 2.26. The van der Waals surface area contributed by atoms with E-state index < -0.39 is 0 Å². The number of nitrogens with one attached hydrogen (secondary N) is 2. The smallest absolute Gasteiger partial charge is 0.252 e. The Labute approximate surface area is 164 Å². The lowest BCUT2D eigenvalue weighted by molar-refractivity contribution is 0.0954. The Balaban J connectivity index is 1.62. The molecule has 1 aromatic heterocycles. The second-order valence-electron chi connectivity index (χ2n) is 6.96. The van der Waals surface area contributed by atoms with Crippen LogP contribution in [0.3, 0.4) is 0 Å². The first kappa shape index (κ1) is 19.5. The number of aromatic nitrogens is 1. The average Bonchev–Trinajstić information content (AvgIpc) is 2.70. The number of rotatable bonds is 7. The average molecular weight is 377 g/mol. The summed E-state index contributed by atoms with van der Waals surface area (Å²) >= 11 is 0. The van der Waals surface area contributed by atoms with Gasteiger partial charge < -0.3 is 10.6 Å². The molecule has 0 saturated heterocycles. The van der Waals surface area contributed by atoms with Gasteiger partial charge in [-0.1, -0.05) is 44.2 Å². The van der Waals surface area contributed by atoms with Crippen LogP contribution in [-0.4, -0.2) is 17.4 Å². The molecular formula is C23H24FN3O. The zero-order valence-electron chi connectivity index (χ0n) is 16.1. The van der Waals surface area contributed by atoms with E-state index in [2.05, 4.69) is 35.5 Å². The van der Waals surface area contributed by atoms with Gasteiger partial charge in [0.25, 0.3) is 5.91 Å². The number of anilines is 2. The molecule has 0 bridgehead atoms. The molecule has 0 aliphatic heterocycles. The lowest BCUT2D eigenvalue weighted by atomic mass is 10.0. The molecule has 5 heteroatoms. The first-order valence-corrected chi connectivity index (χ1v) is 9.36. The van der Waals surface area contributed by atoms with Crippen LogP contribution >= 0.6 is 0 Å². The van der Waals surface area contributed by atoms with Crippen molar-refractivity contribution in [3.05, 3.63) is 89.5 Å². The molecule has 28 heavy (non-hydrogen) atoms. The normalized spacial score (nSPS) is 10.7. The van der Waals surface area contributed by atoms with E-state index in [9.17, 15) is 9.18 Å². The summed E-state index contributed by atoms with van der Waals surface area (Å²) < 4.78 is 12.9. The Bertz CT molecular complexity index is 939. The van der Waals surface area contributed by atoms with Gasteiger partial charge in [0.1, 0.15) is 5.82 Å². The number of carbonyl (C=O) groups excluding carboxylic acids is 1. The highest BCUT2D eigenvalue weighted by molar-refractivity contribution is 5.94. The summed E-state index contributed by atoms with van der Waals surface area (Å²) in [5.74, 6) is -0.0628. The maximum absolute atomic E-state index is 12.9. The molecule has 4 nitrogen and oxygen atoms in total. The lowest BCUT2D eigenvalue weighted by Crippen LogP contribution is -2.25. The van der Waals surface area contributed by atoms with E-state index in [1.807, 2.05) is 18.2 Å². The molecule has 0 aliphatic carbocycles. The van der Waals surface area contributed by atoms with E-state index in [-0.39, 0.29) is 11.7 Å². The van der Waals surface area contributed by atoms with Gasteiger partial charge in [-0.05, 0) is 47.7 Å². The Morgan fingerprint density at radius 1 is 1.07 bits per heavy atom. The Morgan fingerprint density at radius 3 is 2.57 bits per heavy atom. The summed E-state index contributed by atoms with van der Waals surface area (Å²) in [7, 11) is 0. The van der Waals surface area contributed by atoms with Gasteiger partial charge in [0.2, 0.25) is 0 Å². The van der Waals surface area contributed by atoms with Crippen molar-refractivity contribution in [1.82, 2.24) is 10.3 Å². The van der Waals surface area contributed by atoms with Gasteiger partial charge in [0.05, 0.1) is 17.4 Å². The summed E-state index contributed by atoms with van der Waals surface area (Å²) in [6.45, 7) is 4.76. The van der Waals surface area contributed by atoms with Crippen molar-refractivity contribution in [2.45, 2.75) is 26.2 Å². The minimum absolute atomic E-state index is 0.185. The van der Waals surface area contributed by atoms with Crippen LogP contribution in [0.1, 0.15) is 41.3 Å². The Hall–Kier alpha value is -3.21. The molecule has 0 fully saturated rings. The standard InChI is InChI=1S/C23H24FN3O/c1-16(2)21-5-3-4-6-22(21)27-20-13-18(14-25-15-20)23(28)26-12-11-17-7-9-19(24)10-8-17/h3-10,13-16,27H,11-12H2,1-2H3,(H,26,28). The predicted molar refractivity (Wildman–Crippen MR) is 110 cm³/mol. The van der Waals surface area contributed by atoms with E-state index in [1.165, 1.54) is 17.7 Å². The van der Waals surface area contributed by atoms with Crippen molar-refractivity contribution >= 4 is 17.3 Å². The van der Waals surface area contributed by atoms with Crippen molar-refractivity contribution in [1.29, 1.82) is 0 Å². The molecule has 144 valence electrons. The monoisotopic (exact) mass is 377 g/mol. The van der Waals surface area contributed by atoms with E-state index in [4.69, 9.17) is 0 Å². The lowest BCUT2D eigenvalue weighted by Gasteiger charge is -2.15. The number of hydrogen-bond donors (Lipinski definition) is 2. The van der Waals surface area contributed by atoms with Crippen LogP contribution in [0, 0.1) is 5.82 Å². The summed E-state index contributed by atoms with van der Waals surface area (Å²) in [5.41, 5.74) is 4.44. The van der Waals surface area contributed by atoms with E-state index in [0.29, 0.717) is 24.4 Å². The van der Waals surface area contributed by atoms with Crippen LogP contribution in [0.4, 0.5) is 15.8 Å². The van der Waals surface area contributed by atoms with Crippen molar-refractivity contribution < 1.29 is 9.18 Å². The number of amides is 1. The fourth-order valence-electron chi connectivity index (χ4n) is 2.98. The molecule has 1 amide bonds. The van der Waals surface area contributed by atoms with Crippen LogP contribution in [0.2, 0.25) is 0 Å². The fourth-order valence-corrected chi connectivity index (χ4v) is 2.98. The Kier molecular flexibility index (Phi) is 6.37. The number of pyridine rings is 1. The predicted octanol–water partition coefficient (Wildman–Crippen LogP) is 5.06. The quantitative estimate of drug-likeness (QED) is 0.605. The molecular weight excluding hydrogens is 353 g/mol. The van der Waals surface area contributed by atoms with Crippen LogP contribution in [-0.2, 0) is 6.42 Å². The first-order valence-electron chi connectivity index (χ1n) is 9.36. The number of halogens is 1. The third-order valence-corrected chi connectivity index (χ3v) is 4.47. The third-order valence-electron chi connectivity index (χ3n) is 4.47. The molecule has 3 rings (SSSR count). The van der Waals surface area contributed by atoms with E-state index in [0.717, 1.165) is 16.9 Å². The van der Waals surface area contributed by atoms with Crippen LogP contribution in [0.5, 0.6) is 0 Å². The summed E-state index contributed by atoms with van der Waals surface area (Å²) in [6, 6.07) is 16.2. The molecule has 2 aromatic carbocycles. The third kappa shape index (κ3) is 5.16. The van der Waals surface area contributed by atoms with Gasteiger partial charge in [-0.15, -0.1) is 0 Å². The number of nitrogens with zero attached hydrogens (tertiary/aromatic N) is 1. The maximum Gasteiger partial charge on any atom is 0.252 e. The molecule has 1 heterocycles.